The van der Waals surface area contributed by atoms with Crippen molar-refractivity contribution < 1.29 is 92.3 Å². The van der Waals surface area contributed by atoms with Gasteiger partial charge in [-0.2, -0.15) is 0 Å². The van der Waals surface area contributed by atoms with Gasteiger partial charge in [-0.15, -0.1) is 0 Å². The molecule has 0 saturated carbocycles. The second-order valence-electron chi connectivity index (χ2n) is 22.7. The molecule has 0 aromatic rings. The minimum atomic E-state index is -1.90. The number of unbranched alkanes of at least 4 members (excludes halogenated alkanes) is 7. The Labute approximate surface area is 504 Å². The summed E-state index contributed by atoms with van der Waals surface area (Å²) in [4.78, 5) is 202. The second kappa shape index (κ2) is 37.3. The molecule has 0 aromatic heterocycles. The zero-order valence-electron chi connectivity index (χ0n) is 50.1. The molecule has 0 radical (unpaired) electrons. The van der Waals surface area contributed by atoms with E-state index in [0.29, 0.717) is 25.2 Å². The maximum atomic E-state index is 14.8. The molecule has 0 spiro atoms. The Morgan fingerprint density at radius 3 is 1.59 bits per heavy atom. The number of allylic oxidation sites excluding steroid dienone is 1. The quantitative estimate of drug-likeness (QED) is 0.0378. The van der Waals surface area contributed by atoms with Gasteiger partial charge in [0.05, 0.1) is 45.0 Å². The molecule has 31 heteroatoms. The first-order valence-corrected chi connectivity index (χ1v) is 29.6. The lowest BCUT2D eigenvalue weighted by Crippen LogP contribution is -2.63. The number of aliphatic hydroxyl groups excluding tert-OH is 1. The fraction of sp³-hybridized carbons (Fsp3) is 0.696. The van der Waals surface area contributed by atoms with Crippen molar-refractivity contribution in [3.63, 3.8) is 0 Å². The molecule has 87 heavy (non-hydrogen) atoms. The molecule has 486 valence electrons. The highest BCUT2D eigenvalue weighted by Gasteiger charge is 2.42. The lowest BCUT2D eigenvalue weighted by Gasteiger charge is -2.37. The van der Waals surface area contributed by atoms with Gasteiger partial charge in [0, 0.05) is 19.6 Å². The first kappa shape index (κ1) is 73.0. The van der Waals surface area contributed by atoms with Crippen molar-refractivity contribution in [3.05, 3.63) is 12.2 Å². The third-order valence-corrected chi connectivity index (χ3v) is 14.6. The van der Waals surface area contributed by atoms with Crippen molar-refractivity contribution in [2.45, 2.75) is 198 Å². The minimum absolute atomic E-state index is 0.0198. The normalized spacial score (nSPS) is 23.9. The van der Waals surface area contributed by atoms with Crippen molar-refractivity contribution in [2.75, 3.05) is 39.3 Å². The molecule has 3 fully saturated rings. The number of carbonyl (C=O) groups is 15. The number of rotatable bonds is 22. The summed E-state index contributed by atoms with van der Waals surface area (Å²) in [6.07, 6.45) is 7.98. The summed E-state index contributed by atoms with van der Waals surface area (Å²) < 4.78 is 0. The average Bonchev–Trinajstić information content (AvgIpc) is 3.48. The van der Waals surface area contributed by atoms with E-state index in [4.69, 9.17) is 0 Å². The predicted molar refractivity (Wildman–Crippen MR) is 307 cm³/mol. The fourth-order valence-corrected chi connectivity index (χ4v) is 9.95. The van der Waals surface area contributed by atoms with E-state index in [9.17, 15) is 92.3 Å². The van der Waals surface area contributed by atoms with Gasteiger partial charge in [-0.1, -0.05) is 78.7 Å². The number of hydrogen-bond donors (Lipinski definition) is 14. The number of piperidine rings is 1. The molecule has 3 aliphatic heterocycles. The number of aliphatic hydroxyl groups is 1. The van der Waals surface area contributed by atoms with Crippen LogP contribution in [0, 0.1) is 11.8 Å². The third-order valence-electron chi connectivity index (χ3n) is 14.6. The van der Waals surface area contributed by atoms with Crippen molar-refractivity contribution >= 4 is 88.8 Å². The smallest absolute Gasteiger partial charge is 0.305 e. The van der Waals surface area contributed by atoms with Gasteiger partial charge >= 0.3 is 17.9 Å². The largest absolute Gasteiger partial charge is 0.481 e. The van der Waals surface area contributed by atoms with Crippen LogP contribution in [0.4, 0.5) is 0 Å². The SMILES string of the molecule is CC(C)CCCCCCCCC/C=C/C(=O)N[C@@H](CC(=O)O)C(=O)N[C@H]1CNC(=O)[C@@H]2CCCN2C(=O)[C@H](C(C)C)NC(=O)[C@@H]([C@@H](C)O)NC(=O)CNC(=O)[C@H](CC(=O)O)NC(=O)CNC(=O)[C@H](CC(=O)O)NC(=O)CNC(=O)[C@H]2CCCCN2C1=O. The molecule has 3 rings (SSSR count). The van der Waals surface area contributed by atoms with Crippen molar-refractivity contribution in [1.29, 1.82) is 0 Å². The topological polar surface area (TPSA) is 464 Å². The summed E-state index contributed by atoms with van der Waals surface area (Å²) in [5.74, 6) is -17.3. The number of nitrogens with one attached hydrogen (secondary N) is 10. The highest BCUT2D eigenvalue weighted by molar-refractivity contribution is 6.00. The number of fused-ring (bicyclic) bond motifs is 2. The second-order valence-corrected chi connectivity index (χ2v) is 22.7. The molecule has 0 aromatic carbocycles. The van der Waals surface area contributed by atoms with Gasteiger partial charge < -0.3 is 83.4 Å². The van der Waals surface area contributed by atoms with Crippen molar-refractivity contribution in [2.24, 2.45) is 11.8 Å². The van der Waals surface area contributed by atoms with E-state index in [1.54, 1.807) is 19.9 Å². The molecule has 31 nitrogen and oxygen atoms in total. The Bertz CT molecular complexity index is 2510. The number of carbonyl (C=O) groups excluding carboxylic acids is 12. The van der Waals surface area contributed by atoms with E-state index in [1.807, 2.05) is 0 Å². The van der Waals surface area contributed by atoms with Gasteiger partial charge in [0.15, 0.2) is 0 Å². The molecule has 12 amide bonds. The van der Waals surface area contributed by atoms with Gasteiger partial charge in [-0.05, 0) is 69.8 Å². The summed E-state index contributed by atoms with van der Waals surface area (Å²) in [7, 11) is 0. The van der Waals surface area contributed by atoms with E-state index >= 15 is 0 Å². The molecule has 3 aliphatic rings. The Morgan fingerprint density at radius 2 is 1.06 bits per heavy atom. The van der Waals surface area contributed by atoms with Gasteiger partial charge in [0.1, 0.15) is 48.3 Å². The molecule has 0 bridgehead atoms. The van der Waals surface area contributed by atoms with Crippen LogP contribution in [0.2, 0.25) is 0 Å². The molecule has 0 aliphatic carbocycles. The standard InChI is InChI=1S/C56H88N12O19/c1-31(2)18-13-11-9-7-6-8-10-12-14-21-40(70)61-36(26-46(78)79)51(82)64-37-27-57-52(83)39-20-17-23-68(39)56(87)47(32(3)4)66-54(85)48(33(5)69)65-43(73)30-59-50(81)35(25-45(76)77)62-41(71)28-58-49(80)34(24-44(74)75)63-42(72)29-60-53(84)38-19-15-16-22-67(38)55(37)86/h14,21,31-39,47-48,69H,6-13,15-20,22-30H2,1-5H3,(H,57,83)(H,58,80)(H,59,81)(H,60,84)(H,61,70)(H,62,71)(H,63,72)(H,64,82)(H,65,73)(H,66,85)(H,74,75)(H,76,77)(H,78,79)/b21-14+/t33-,34+,35+,36+,37+,38-,39+,47+,48-/m1/s1. The highest BCUT2D eigenvalue weighted by atomic mass is 16.4. The van der Waals surface area contributed by atoms with Crippen molar-refractivity contribution in [1.82, 2.24) is 63.0 Å². The molecular weight excluding hydrogens is 1140 g/mol. The monoisotopic (exact) mass is 1230 g/mol. The number of carboxylic acids is 3. The summed E-state index contributed by atoms with van der Waals surface area (Å²) in [5.41, 5.74) is 0. The zero-order chi connectivity index (χ0) is 64.9. The first-order chi connectivity index (χ1) is 41.1. The number of carboxylic acid groups (broad SMARTS) is 3. The molecule has 9 atom stereocenters. The van der Waals surface area contributed by atoms with Crippen molar-refractivity contribution in [3.8, 4) is 0 Å². The average molecular weight is 1230 g/mol. The third kappa shape index (κ3) is 26.1. The van der Waals surface area contributed by atoms with Crippen LogP contribution >= 0.6 is 0 Å². The van der Waals surface area contributed by atoms with Crippen LogP contribution in [0.5, 0.6) is 0 Å². The maximum Gasteiger partial charge on any atom is 0.305 e. The van der Waals surface area contributed by atoms with Crippen LogP contribution in [-0.4, -0.2) is 213 Å². The van der Waals surface area contributed by atoms with E-state index < -0.39 is 195 Å². The summed E-state index contributed by atoms with van der Waals surface area (Å²) in [5, 5.41) is 62.2. The Kier molecular flexibility index (Phi) is 31.3. The minimum Gasteiger partial charge on any atom is -0.481 e. The predicted octanol–water partition coefficient (Wildman–Crippen LogP) is -3.07. The molecule has 3 saturated heterocycles. The summed E-state index contributed by atoms with van der Waals surface area (Å²) in [6.45, 7) is 4.84. The molecule has 14 N–H and O–H groups in total. The molecule has 0 unspecified atom stereocenters. The van der Waals surface area contributed by atoms with Gasteiger partial charge in [-0.3, -0.25) is 71.9 Å². The maximum absolute atomic E-state index is 14.8. The van der Waals surface area contributed by atoms with Crippen LogP contribution in [-0.2, 0) is 71.9 Å². The summed E-state index contributed by atoms with van der Waals surface area (Å²) in [6, 6.07) is -13.2. The van der Waals surface area contributed by atoms with E-state index in [1.165, 1.54) is 19.3 Å². The van der Waals surface area contributed by atoms with Crippen LogP contribution in [0.1, 0.15) is 144 Å². The number of aliphatic carboxylic acids is 3. The Hall–Kier alpha value is -8.25. The van der Waals surface area contributed by atoms with Crippen LogP contribution < -0.4 is 53.2 Å². The summed E-state index contributed by atoms with van der Waals surface area (Å²) >= 11 is 0. The molecular formula is C56H88N12O19. The van der Waals surface area contributed by atoms with E-state index in [2.05, 4.69) is 67.0 Å². The fourth-order valence-electron chi connectivity index (χ4n) is 9.95. The van der Waals surface area contributed by atoms with Crippen LogP contribution in [0.15, 0.2) is 12.2 Å². The Balaban J connectivity index is 2.00. The Morgan fingerprint density at radius 1 is 0.563 bits per heavy atom. The zero-order valence-corrected chi connectivity index (χ0v) is 50.1. The van der Waals surface area contributed by atoms with Crippen LogP contribution in [0.25, 0.3) is 0 Å². The number of hydrogen-bond acceptors (Lipinski definition) is 16. The molecule has 3 heterocycles. The first-order valence-electron chi connectivity index (χ1n) is 29.6. The number of nitrogens with zero attached hydrogens (tertiary/aromatic N) is 2. The van der Waals surface area contributed by atoms with Gasteiger partial charge in [-0.25, -0.2) is 0 Å². The van der Waals surface area contributed by atoms with Gasteiger partial charge in [0.2, 0.25) is 70.9 Å². The lowest BCUT2D eigenvalue weighted by molar-refractivity contribution is -0.146. The van der Waals surface area contributed by atoms with E-state index in [0.717, 1.165) is 54.9 Å². The highest BCUT2D eigenvalue weighted by Crippen LogP contribution is 2.22. The van der Waals surface area contributed by atoms with Gasteiger partial charge in [0.25, 0.3) is 0 Å². The van der Waals surface area contributed by atoms with Crippen LogP contribution in [0.3, 0.4) is 0 Å². The lowest BCUT2D eigenvalue weighted by atomic mass is 9.99. The number of amides is 12. The van der Waals surface area contributed by atoms with E-state index in [-0.39, 0.29) is 32.4 Å².